The molecule has 2 aromatic carbocycles. The monoisotopic (exact) mass is 719 g/mol. The molecule has 4 N–H and O–H groups in total. The molecule has 0 unspecified atom stereocenters. The normalized spacial score (nSPS) is 12.1. The summed E-state index contributed by atoms with van der Waals surface area (Å²) in [4.78, 5) is 39.7. The number of methoxy groups -OCH3 is 1. The molecule has 0 aliphatic carbocycles. The van der Waals surface area contributed by atoms with E-state index in [1.807, 2.05) is 19.6 Å². The predicted molar refractivity (Wildman–Crippen MR) is 165 cm³/mol. The number of fused-ring (bicyclic) bond motifs is 1. The zero-order valence-electron chi connectivity index (χ0n) is 25.9. The summed E-state index contributed by atoms with van der Waals surface area (Å²) in [5.41, 5.74) is 2.22. The Bertz CT molecular complexity index is 2190. The minimum absolute atomic E-state index is 0.120. The number of sulfonamides is 1. The highest BCUT2D eigenvalue weighted by molar-refractivity contribution is 7.91. The number of esters is 1. The van der Waals surface area contributed by atoms with Crippen LogP contribution >= 0.6 is 0 Å². The van der Waals surface area contributed by atoms with Crippen molar-refractivity contribution in [1.82, 2.24) is 24.7 Å². The SMILES string of the molecule is COC(=O)c1cc(C#C[Si](C)(C)C)c(C(F)(F)F)cc1N.Cn1cc(-c2cc3c(=O)n(NS(C)(=O)=O)c(=O)[nH]c3cc2C(F)(F)F)nn1. The molecule has 4 aromatic rings. The first-order valence-electron chi connectivity index (χ1n) is 13.2. The number of nitrogens with one attached hydrogen (secondary N) is 2. The summed E-state index contributed by atoms with van der Waals surface area (Å²) >= 11 is 0. The van der Waals surface area contributed by atoms with E-state index in [9.17, 15) is 49.1 Å². The molecule has 258 valence electrons. The van der Waals surface area contributed by atoms with Crippen LogP contribution in [0.5, 0.6) is 0 Å². The summed E-state index contributed by atoms with van der Waals surface area (Å²) in [5.74, 6) is 1.74. The summed E-state index contributed by atoms with van der Waals surface area (Å²) in [6.45, 7) is 5.73. The number of carbonyl (C=O) groups excluding carboxylic acids is 1. The number of hydrogen-bond donors (Lipinski definition) is 3. The molecule has 2 heterocycles. The molecule has 0 radical (unpaired) electrons. The fourth-order valence-corrected chi connectivity index (χ4v) is 4.93. The van der Waals surface area contributed by atoms with Crippen LogP contribution < -0.4 is 21.8 Å². The number of nitrogen functional groups attached to an aromatic ring is 1. The van der Waals surface area contributed by atoms with Crippen molar-refractivity contribution in [3.8, 4) is 22.7 Å². The first-order chi connectivity index (χ1) is 21.8. The largest absolute Gasteiger partial charge is 0.465 e. The molecule has 0 spiro atoms. The average Bonchev–Trinajstić information content (AvgIpc) is 3.38. The minimum Gasteiger partial charge on any atom is -0.465 e. The minimum atomic E-state index is -4.81. The molecule has 0 amide bonds. The standard InChI is InChI=1S/C14H16F3NO2Si.C13H11F3N6O4S/c1-20-13(19)10-7-9(5-6-21(2,3)4)11(8-12(10)18)14(15,16)17;1-21-5-10(18-19-21)6-3-7-9(4-8(6)13(14,15)16)17-12(24)22(11(7)23)20-27(2,25)26/h7-8H,18H2,1-4H3;3-5,20H,1-2H3,(H,17,24). The number of aromatic amines is 1. The van der Waals surface area contributed by atoms with E-state index >= 15 is 0 Å². The number of aryl methyl sites for hydroxylation is 1. The zero-order chi connectivity index (χ0) is 36.6. The van der Waals surface area contributed by atoms with E-state index in [-0.39, 0.29) is 32.6 Å². The van der Waals surface area contributed by atoms with Crippen LogP contribution in [0, 0.1) is 11.5 Å². The van der Waals surface area contributed by atoms with Crippen LogP contribution in [-0.2, 0) is 34.2 Å². The van der Waals surface area contributed by atoms with Gasteiger partial charge in [-0.05, 0) is 24.3 Å². The fraction of sp³-hybridized carbons (Fsp3) is 0.296. The topological polar surface area (TPSA) is 184 Å². The Morgan fingerprint density at radius 2 is 1.65 bits per heavy atom. The van der Waals surface area contributed by atoms with E-state index < -0.39 is 69.9 Å². The quantitative estimate of drug-likeness (QED) is 0.0937. The molecular formula is C27H27F6N7O6SSi. The molecule has 48 heavy (non-hydrogen) atoms. The van der Waals surface area contributed by atoms with Crippen molar-refractivity contribution >= 4 is 40.7 Å². The van der Waals surface area contributed by atoms with Gasteiger partial charge < -0.3 is 15.5 Å². The molecule has 2 aromatic heterocycles. The molecule has 13 nitrogen and oxygen atoms in total. The van der Waals surface area contributed by atoms with Gasteiger partial charge in [-0.2, -0.15) is 31.0 Å². The summed E-state index contributed by atoms with van der Waals surface area (Å²) < 4.78 is 108. The van der Waals surface area contributed by atoms with Crippen LogP contribution in [0.2, 0.25) is 19.6 Å². The number of rotatable bonds is 4. The smallest absolute Gasteiger partial charge is 0.417 e. The summed E-state index contributed by atoms with van der Waals surface area (Å²) in [5, 5.41) is 6.83. The highest BCUT2D eigenvalue weighted by atomic mass is 32.2. The van der Waals surface area contributed by atoms with Crippen molar-refractivity contribution in [2.24, 2.45) is 7.05 Å². The summed E-state index contributed by atoms with van der Waals surface area (Å²) in [7, 11) is -3.28. The van der Waals surface area contributed by atoms with Gasteiger partial charge in [0.1, 0.15) is 13.8 Å². The molecule has 21 heteroatoms. The highest BCUT2D eigenvalue weighted by Crippen LogP contribution is 2.38. The molecule has 0 atom stereocenters. The number of hydrogen-bond acceptors (Lipinski definition) is 9. The van der Waals surface area contributed by atoms with Crippen LogP contribution in [0.4, 0.5) is 32.0 Å². The second kappa shape index (κ2) is 13.2. The number of ether oxygens (including phenoxy) is 1. The Balaban J connectivity index is 0.000000270. The molecule has 4 rings (SSSR count). The molecule has 0 aliphatic heterocycles. The van der Waals surface area contributed by atoms with Crippen molar-refractivity contribution in [3.05, 3.63) is 73.6 Å². The second-order valence-corrected chi connectivity index (χ2v) is 17.6. The van der Waals surface area contributed by atoms with E-state index in [0.29, 0.717) is 12.3 Å². The lowest BCUT2D eigenvalue weighted by molar-refractivity contribution is -0.138. The van der Waals surface area contributed by atoms with Crippen LogP contribution in [0.25, 0.3) is 22.2 Å². The number of H-pyrrole nitrogens is 1. The average molecular weight is 720 g/mol. The molecular weight excluding hydrogens is 692 g/mol. The highest BCUT2D eigenvalue weighted by Gasteiger charge is 2.36. The first kappa shape index (κ1) is 37.4. The predicted octanol–water partition coefficient (Wildman–Crippen LogP) is 3.31. The lowest BCUT2D eigenvalue weighted by Crippen LogP contribution is -2.43. The number of nitrogens with two attached hydrogens (primary N) is 1. The molecule has 0 aliphatic rings. The maximum absolute atomic E-state index is 13.4. The van der Waals surface area contributed by atoms with Crippen molar-refractivity contribution in [2.45, 2.75) is 32.0 Å². The third kappa shape index (κ3) is 9.03. The van der Waals surface area contributed by atoms with Gasteiger partial charge in [0.05, 0.1) is 47.2 Å². The Hall–Kier alpha value is -5.10. The summed E-state index contributed by atoms with van der Waals surface area (Å²) in [6.07, 6.45) is -7.47. The van der Waals surface area contributed by atoms with Crippen molar-refractivity contribution in [2.75, 3.05) is 23.9 Å². The molecule has 0 bridgehead atoms. The van der Waals surface area contributed by atoms with Gasteiger partial charge in [0, 0.05) is 23.9 Å². The van der Waals surface area contributed by atoms with Gasteiger partial charge in [0.25, 0.3) is 5.56 Å². The number of benzene rings is 2. The van der Waals surface area contributed by atoms with E-state index in [0.717, 1.165) is 25.3 Å². The molecule has 0 saturated carbocycles. The number of alkyl halides is 6. The Morgan fingerprint density at radius 3 is 2.12 bits per heavy atom. The van der Waals surface area contributed by atoms with Crippen LogP contribution in [0.15, 0.2) is 40.1 Å². The fourth-order valence-electron chi connectivity index (χ4n) is 3.93. The van der Waals surface area contributed by atoms with Crippen LogP contribution in [0.1, 0.15) is 27.0 Å². The van der Waals surface area contributed by atoms with Crippen LogP contribution in [0.3, 0.4) is 0 Å². The third-order valence-corrected chi connectivity index (χ3v) is 7.34. The zero-order valence-corrected chi connectivity index (χ0v) is 27.7. The molecule has 0 fully saturated rings. The van der Waals surface area contributed by atoms with E-state index in [1.165, 1.54) is 17.9 Å². The van der Waals surface area contributed by atoms with Crippen LogP contribution in [-0.4, -0.2) is 60.5 Å². The van der Waals surface area contributed by atoms with Crippen molar-refractivity contribution in [1.29, 1.82) is 0 Å². The van der Waals surface area contributed by atoms with Gasteiger partial charge in [-0.25, -0.2) is 22.8 Å². The maximum Gasteiger partial charge on any atom is 0.417 e. The van der Waals surface area contributed by atoms with E-state index in [1.54, 1.807) is 4.83 Å². The lowest BCUT2D eigenvalue weighted by atomic mass is 10.0. The number of nitrogens with zero attached hydrogens (tertiary/aromatic N) is 4. The van der Waals surface area contributed by atoms with E-state index in [2.05, 4.69) is 31.5 Å². The van der Waals surface area contributed by atoms with Gasteiger partial charge in [0.15, 0.2) is 0 Å². The number of aromatic nitrogens is 5. The summed E-state index contributed by atoms with van der Waals surface area (Å²) in [6, 6.07) is 3.23. The Kier molecular flexibility index (Phi) is 10.3. The lowest BCUT2D eigenvalue weighted by Gasteiger charge is -2.13. The Labute approximate surface area is 268 Å². The van der Waals surface area contributed by atoms with Gasteiger partial charge in [-0.3, -0.25) is 9.48 Å². The van der Waals surface area contributed by atoms with Gasteiger partial charge in [0.2, 0.25) is 10.0 Å². The Morgan fingerprint density at radius 1 is 1.04 bits per heavy atom. The number of anilines is 1. The van der Waals surface area contributed by atoms with Gasteiger partial charge in [-0.1, -0.05) is 30.8 Å². The molecule has 0 saturated heterocycles. The maximum atomic E-state index is 13.4. The van der Waals surface area contributed by atoms with E-state index in [4.69, 9.17) is 5.73 Å². The van der Waals surface area contributed by atoms with Crippen molar-refractivity contribution < 1.29 is 44.3 Å². The van der Waals surface area contributed by atoms with Gasteiger partial charge >= 0.3 is 24.0 Å². The van der Waals surface area contributed by atoms with Crippen molar-refractivity contribution in [3.63, 3.8) is 0 Å². The first-order valence-corrected chi connectivity index (χ1v) is 18.6. The third-order valence-electron chi connectivity index (χ3n) is 5.95. The van der Waals surface area contributed by atoms with Gasteiger partial charge in [-0.15, -0.1) is 10.6 Å². The number of halogens is 6. The second-order valence-electron chi connectivity index (χ2n) is 11.1. The number of carbonyl (C=O) groups is 1.